The molecule has 0 saturated carbocycles. The summed E-state index contributed by atoms with van der Waals surface area (Å²) >= 11 is 1.23. The van der Waals surface area contributed by atoms with Crippen LogP contribution in [-0.4, -0.2) is 23.9 Å². The fourth-order valence-corrected chi connectivity index (χ4v) is 3.13. The smallest absolute Gasteiger partial charge is 0.257 e. The quantitative estimate of drug-likeness (QED) is 0.691. The van der Waals surface area contributed by atoms with Crippen molar-refractivity contribution in [2.24, 2.45) is 0 Å². The Kier molecular flexibility index (Phi) is 5.46. The van der Waals surface area contributed by atoms with Gasteiger partial charge in [0.2, 0.25) is 5.91 Å². The highest BCUT2D eigenvalue weighted by Crippen LogP contribution is 2.31. The lowest BCUT2D eigenvalue weighted by Crippen LogP contribution is -2.11. The molecule has 6 nitrogen and oxygen atoms in total. The fraction of sp³-hybridized carbons (Fsp3) is 0.105. The van der Waals surface area contributed by atoms with E-state index in [0.29, 0.717) is 33.4 Å². The number of benzene rings is 2. The van der Waals surface area contributed by atoms with E-state index in [1.807, 2.05) is 0 Å². The summed E-state index contributed by atoms with van der Waals surface area (Å²) in [6.07, 6.45) is 0. The molecule has 1 aromatic heterocycles. The molecule has 3 aromatic rings. The molecule has 0 saturated heterocycles. The Morgan fingerprint density at radius 3 is 2.70 bits per heavy atom. The summed E-state index contributed by atoms with van der Waals surface area (Å²) in [5.74, 6) is -0.530. The lowest BCUT2D eigenvalue weighted by atomic mass is 10.1. The van der Waals surface area contributed by atoms with Crippen LogP contribution in [0.3, 0.4) is 0 Å². The first-order valence-electron chi connectivity index (χ1n) is 7.94. The lowest BCUT2D eigenvalue weighted by molar-refractivity contribution is -0.114. The maximum Gasteiger partial charge on any atom is 0.257 e. The van der Waals surface area contributed by atoms with E-state index in [2.05, 4.69) is 15.6 Å². The minimum atomic E-state index is -0.468. The van der Waals surface area contributed by atoms with E-state index in [1.165, 1.54) is 43.6 Å². The zero-order valence-electron chi connectivity index (χ0n) is 14.6. The first kappa shape index (κ1) is 18.5. The minimum absolute atomic E-state index is 0.316. The molecule has 0 spiro atoms. The summed E-state index contributed by atoms with van der Waals surface area (Å²) in [5, 5.41) is 7.42. The van der Waals surface area contributed by atoms with Crippen LogP contribution in [0.25, 0.3) is 11.3 Å². The zero-order valence-corrected chi connectivity index (χ0v) is 15.4. The molecule has 1 heterocycles. The molecule has 2 N–H and O–H groups in total. The minimum Gasteiger partial charge on any atom is -0.497 e. The van der Waals surface area contributed by atoms with Crippen molar-refractivity contribution in [3.05, 3.63) is 59.2 Å². The Morgan fingerprint density at radius 2 is 1.96 bits per heavy atom. The summed E-state index contributed by atoms with van der Waals surface area (Å²) in [7, 11) is 1.53. The number of nitrogens with one attached hydrogen (secondary N) is 2. The normalized spacial score (nSPS) is 10.3. The van der Waals surface area contributed by atoms with Crippen molar-refractivity contribution in [2.45, 2.75) is 6.92 Å². The predicted molar refractivity (Wildman–Crippen MR) is 103 cm³/mol. The predicted octanol–water partition coefficient (Wildman–Crippen LogP) is 4.17. The number of carbonyl (C=O) groups excluding carboxylic acids is 2. The molecule has 27 heavy (non-hydrogen) atoms. The third kappa shape index (κ3) is 4.48. The van der Waals surface area contributed by atoms with Crippen molar-refractivity contribution in [1.29, 1.82) is 0 Å². The van der Waals surface area contributed by atoms with Gasteiger partial charge in [0.05, 0.1) is 18.5 Å². The Morgan fingerprint density at radius 1 is 1.15 bits per heavy atom. The van der Waals surface area contributed by atoms with Gasteiger partial charge in [-0.15, -0.1) is 11.3 Å². The van der Waals surface area contributed by atoms with Crippen LogP contribution in [-0.2, 0) is 4.79 Å². The number of amides is 2. The SMILES string of the molecule is COc1cccc(C(=O)Nc2nc(-c3ccc(F)cc3NC(C)=O)cs2)c1. The average Bonchev–Trinajstić information content (AvgIpc) is 3.09. The lowest BCUT2D eigenvalue weighted by Gasteiger charge is -2.08. The van der Waals surface area contributed by atoms with Gasteiger partial charge < -0.3 is 10.1 Å². The molecular weight excluding hydrogens is 369 g/mol. The molecule has 2 amide bonds. The molecule has 0 bridgehead atoms. The molecule has 0 atom stereocenters. The molecule has 0 fully saturated rings. The summed E-state index contributed by atoms with van der Waals surface area (Å²) < 4.78 is 18.6. The molecule has 0 unspecified atom stereocenters. The fourth-order valence-electron chi connectivity index (χ4n) is 2.42. The number of nitrogens with zero attached hydrogens (tertiary/aromatic N) is 1. The van der Waals surface area contributed by atoms with Crippen molar-refractivity contribution < 1.29 is 18.7 Å². The van der Waals surface area contributed by atoms with Gasteiger partial charge in [0.1, 0.15) is 11.6 Å². The maximum absolute atomic E-state index is 13.5. The molecule has 2 aromatic carbocycles. The second-order valence-electron chi connectivity index (χ2n) is 5.60. The maximum atomic E-state index is 13.5. The number of aromatic nitrogens is 1. The van der Waals surface area contributed by atoms with E-state index in [9.17, 15) is 14.0 Å². The highest BCUT2D eigenvalue weighted by atomic mass is 32.1. The van der Waals surface area contributed by atoms with Gasteiger partial charge in [-0.3, -0.25) is 14.9 Å². The Bertz CT molecular complexity index is 1000. The van der Waals surface area contributed by atoms with Gasteiger partial charge in [0.25, 0.3) is 5.91 Å². The van der Waals surface area contributed by atoms with E-state index in [4.69, 9.17) is 4.74 Å². The highest BCUT2D eigenvalue weighted by molar-refractivity contribution is 7.14. The van der Waals surface area contributed by atoms with Crippen LogP contribution < -0.4 is 15.4 Å². The number of halogens is 1. The molecule has 0 aliphatic rings. The van der Waals surface area contributed by atoms with Gasteiger partial charge in [-0.25, -0.2) is 9.37 Å². The molecular formula is C19H16FN3O3S. The first-order valence-corrected chi connectivity index (χ1v) is 8.82. The van der Waals surface area contributed by atoms with E-state index in [1.54, 1.807) is 29.6 Å². The van der Waals surface area contributed by atoms with Crippen LogP contribution in [0.4, 0.5) is 15.2 Å². The number of ether oxygens (including phenoxy) is 1. The van der Waals surface area contributed by atoms with Gasteiger partial charge in [0.15, 0.2) is 5.13 Å². The second-order valence-corrected chi connectivity index (χ2v) is 6.45. The Balaban J connectivity index is 1.83. The van der Waals surface area contributed by atoms with Gasteiger partial charge in [-0.2, -0.15) is 0 Å². The van der Waals surface area contributed by atoms with Crippen molar-refractivity contribution in [1.82, 2.24) is 4.98 Å². The van der Waals surface area contributed by atoms with Crippen molar-refractivity contribution >= 4 is 34.0 Å². The number of rotatable bonds is 5. The average molecular weight is 385 g/mol. The molecule has 3 rings (SSSR count). The van der Waals surface area contributed by atoms with Crippen LogP contribution in [0.15, 0.2) is 47.8 Å². The first-order chi connectivity index (χ1) is 13.0. The van der Waals surface area contributed by atoms with Gasteiger partial charge in [-0.1, -0.05) is 6.07 Å². The molecule has 0 aliphatic heterocycles. The van der Waals surface area contributed by atoms with E-state index < -0.39 is 5.82 Å². The summed E-state index contributed by atoms with van der Waals surface area (Å²) in [6, 6.07) is 10.8. The number of carbonyl (C=O) groups is 2. The summed E-state index contributed by atoms with van der Waals surface area (Å²) in [5.41, 5.74) is 1.83. The van der Waals surface area contributed by atoms with Crippen molar-refractivity contribution in [2.75, 3.05) is 17.7 Å². The standard InChI is InChI=1S/C19H16FN3O3S/c1-11(24)21-16-9-13(20)6-7-15(16)17-10-27-19(22-17)23-18(25)12-4-3-5-14(8-12)26-2/h3-10H,1-2H3,(H,21,24)(H,22,23,25). The van der Waals surface area contributed by atoms with E-state index in [-0.39, 0.29) is 11.8 Å². The van der Waals surface area contributed by atoms with Crippen LogP contribution in [0.1, 0.15) is 17.3 Å². The Hall–Kier alpha value is -3.26. The number of anilines is 2. The number of methoxy groups -OCH3 is 1. The zero-order chi connectivity index (χ0) is 19.4. The van der Waals surface area contributed by atoms with Crippen LogP contribution in [0.5, 0.6) is 5.75 Å². The van der Waals surface area contributed by atoms with Gasteiger partial charge >= 0.3 is 0 Å². The van der Waals surface area contributed by atoms with Crippen molar-refractivity contribution in [3.8, 4) is 17.0 Å². The summed E-state index contributed by atoms with van der Waals surface area (Å²) in [4.78, 5) is 28.1. The van der Waals surface area contributed by atoms with Gasteiger partial charge in [-0.05, 0) is 36.4 Å². The molecule has 8 heteroatoms. The topological polar surface area (TPSA) is 80.3 Å². The van der Waals surface area contributed by atoms with Crippen LogP contribution in [0.2, 0.25) is 0 Å². The number of thiazole rings is 1. The molecule has 138 valence electrons. The van der Waals surface area contributed by atoms with E-state index in [0.717, 1.165) is 0 Å². The van der Waals surface area contributed by atoms with Crippen LogP contribution >= 0.6 is 11.3 Å². The number of hydrogen-bond acceptors (Lipinski definition) is 5. The largest absolute Gasteiger partial charge is 0.497 e. The monoisotopic (exact) mass is 385 g/mol. The number of hydrogen-bond donors (Lipinski definition) is 2. The highest BCUT2D eigenvalue weighted by Gasteiger charge is 2.14. The second kappa shape index (κ2) is 7.96. The molecule has 0 radical (unpaired) electrons. The van der Waals surface area contributed by atoms with Crippen LogP contribution in [0, 0.1) is 5.82 Å². The summed E-state index contributed by atoms with van der Waals surface area (Å²) in [6.45, 7) is 1.34. The third-order valence-electron chi connectivity index (χ3n) is 3.62. The third-order valence-corrected chi connectivity index (χ3v) is 4.38. The molecule has 0 aliphatic carbocycles. The van der Waals surface area contributed by atoms with Gasteiger partial charge in [0, 0.05) is 23.4 Å². The van der Waals surface area contributed by atoms with Crippen molar-refractivity contribution in [3.63, 3.8) is 0 Å². The Labute approximate surface area is 159 Å². The van der Waals surface area contributed by atoms with E-state index >= 15 is 0 Å².